The summed E-state index contributed by atoms with van der Waals surface area (Å²) in [5.74, 6) is 0. The standard InChI is InChI=1S/C35H30S2/c1-22-12-5-6-13-23(22)32-24(15-10-19-29(32)36)26-17-9-18-27(34(26)35(2,3)4)25-16-11-21-31-33(25)28-14-7-8-20-30(28)37-31/h5-21,36H,1-4H3. The largest absolute Gasteiger partial charge is 0.143 e. The summed E-state index contributed by atoms with van der Waals surface area (Å²) in [7, 11) is 0. The van der Waals surface area contributed by atoms with Crippen molar-refractivity contribution in [3.8, 4) is 33.4 Å². The van der Waals surface area contributed by atoms with Crippen LogP contribution in [0, 0.1) is 6.92 Å². The van der Waals surface area contributed by atoms with Crippen LogP contribution in [0.25, 0.3) is 53.6 Å². The van der Waals surface area contributed by atoms with Crippen LogP contribution in [0.5, 0.6) is 0 Å². The summed E-state index contributed by atoms with van der Waals surface area (Å²) in [5.41, 5.74) is 10.1. The second kappa shape index (κ2) is 9.20. The third kappa shape index (κ3) is 4.09. The lowest BCUT2D eigenvalue weighted by molar-refractivity contribution is 0.594. The molecule has 0 aliphatic heterocycles. The van der Waals surface area contributed by atoms with Crippen LogP contribution in [0.15, 0.2) is 108 Å². The first-order valence-electron chi connectivity index (χ1n) is 12.8. The van der Waals surface area contributed by atoms with E-state index in [4.69, 9.17) is 12.6 Å². The monoisotopic (exact) mass is 514 g/mol. The molecule has 0 bridgehead atoms. The molecule has 1 heterocycles. The quantitative estimate of drug-likeness (QED) is 0.223. The molecule has 0 aliphatic carbocycles. The lowest BCUT2D eigenvalue weighted by Gasteiger charge is -2.28. The average molecular weight is 515 g/mol. The Morgan fingerprint density at radius 2 is 1.14 bits per heavy atom. The maximum atomic E-state index is 4.96. The zero-order valence-corrected chi connectivity index (χ0v) is 23.4. The predicted molar refractivity (Wildman–Crippen MR) is 166 cm³/mol. The van der Waals surface area contributed by atoms with Crippen molar-refractivity contribution in [1.82, 2.24) is 0 Å². The van der Waals surface area contributed by atoms with E-state index in [0.29, 0.717) is 0 Å². The number of rotatable bonds is 3. The summed E-state index contributed by atoms with van der Waals surface area (Å²) in [6.07, 6.45) is 0. The van der Waals surface area contributed by atoms with Crippen molar-refractivity contribution in [3.05, 3.63) is 114 Å². The molecule has 0 atom stereocenters. The van der Waals surface area contributed by atoms with Crippen LogP contribution in [0.3, 0.4) is 0 Å². The highest BCUT2D eigenvalue weighted by Gasteiger charge is 2.26. The predicted octanol–water partition coefficient (Wildman–Crippen LogP) is 11.0. The summed E-state index contributed by atoms with van der Waals surface area (Å²) in [4.78, 5) is 1.00. The van der Waals surface area contributed by atoms with Gasteiger partial charge in [0.1, 0.15) is 0 Å². The van der Waals surface area contributed by atoms with Crippen LogP contribution in [-0.2, 0) is 5.41 Å². The summed E-state index contributed by atoms with van der Waals surface area (Å²) >= 11 is 6.84. The van der Waals surface area contributed by atoms with E-state index in [2.05, 4.69) is 131 Å². The Balaban J connectivity index is 1.70. The van der Waals surface area contributed by atoms with Gasteiger partial charge in [-0.05, 0) is 69.5 Å². The van der Waals surface area contributed by atoms with Gasteiger partial charge in [0.05, 0.1) is 0 Å². The van der Waals surface area contributed by atoms with Crippen molar-refractivity contribution < 1.29 is 0 Å². The molecule has 0 N–H and O–H groups in total. The minimum Gasteiger partial charge on any atom is -0.143 e. The summed E-state index contributed by atoms with van der Waals surface area (Å²) in [6, 6.07) is 37.5. The van der Waals surface area contributed by atoms with E-state index in [0.717, 1.165) is 4.90 Å². The van der Waals surface area contributed by atoms with Crippen LogP contribution in [0.4, 0.5) is 0 Å². The third-order valence-corrected chi connectivity index (χ3v) is 8.76. The van der Waals surface area contributed by atoms with Crippen LogP contribution in [-0.4, -0.2) is 0 Å². The van der Waals surface area contributed by atoms with Crippen molar-refractivity contribution in [1.29, 1.82) is 0 Å². The van der Waals surface area contributed by atoms with Crippen LogP contribution >= 0.6 is 24.0 Å². The number of fused-ring (bicyclic) bond motifs is 3. The molecule has 0 nitrogen and oxygen atoms in total. The topological polar surface area (TPSA) is 0 Å². The molecule has 6 aromatic rings. The minimum atomic E-state index is -0.0739. The SMILES string of the molecule is Cc1ccccc1-c1c(S)cccc1-c1cccc(-c2cccc3sc4ccccc4c23)c1C(C)(C)C. The van der Waals surface area contributed by atoms with E-state index in [1.54, 1.807) is 0 Å². The Bertz CT molecular complexity index is 1780. The zero-order chi connectivity index (χ0) is 25.7. The molecule has 6 rings (SSSR count). The van der Waals surface area contributed by atoms with E-state index >= 15 is 0 Å². The summed E-state index contributed by atoms with van der Waals surface area (Å²) in [6.45, 7) is 9.18. The van der Waals surface area contributed by atoms with Gasteiger partial charge in [-0.3, -0.25) is 0 Å². The van der Waals surface area contributed by atoms with Gasteiger partial charge in [0, 0.05) is 30.6 Å². The fourth-order valence-electron chi connectivity index (χ4n) is 5.71. The van der Waals surface area contributed by atoms with E-state index in [-0.39, 0.29) is 5.41 Å². The number of thiol groups is 1. The molecule has 5 aromatic carbocycles. The first kappa shape index (κ1) is 24.0. The Labute approximate surface area is 229 Å². The first-order valence-corrected chi connectivity index (χ1v) is 14.0. The fourth-order valence-corrected chi connectivity index (χ4v) is 7.17. The number of hydrogen-bond donors (Lipinski definition) is 1. The number of aryl methyl sites for hydroxylation is 1. The second-order valence-corrected chi connectivity index (χ2v) is 12.3. The van der Waals surface area contributed by atoms with E-state index in [9.17, 15) is 0 Å². The van der Waals surface area contributed by atoms with Gasteiger partial charge in [0.2, 0.25) is 0 Å². The van der Waals surface area contributed by atoms with Gasteiger partial charge in [-0.15, -0.1) is 24.0 Å². The van der Waals surface area contributed by atoms with Crippen LogP contribution < -0.4 is 0 Å². The molecule has 0 unspecified atom stereocenters. The van der Waals surface area contributed by atoms with Gasteiger partial charge in [0.15, 0.2) is 0 Å². The Morgan fingerprint density at radius 3 is 1.92 bits per heavy atom. The normalized spacial score (nSPS) is 11.9. The molecule has 0 fully saturated rings. The molecule has 0 spiro atoms. The smallest absolute Gasteiger partial charge is 0.0361 e. The van der Waals surface area contributed by atoms with Crippen LogP contribution in [0.2, 0.25) is 0 Å². The molecule has 182 valence electrons. The molecule has 37 heavy (non-hydrogen) atoms. The molecule has 0 saturated carbocycles. The van der Waals surface area contributed by atoms with Gasteiger partial charge in [0.25, 0.3) is 0 Å². The van der Waals surface area contributed by atoms with Crippen molar-refractivity contribution in [2.75, 3.05) is 0 Å². The highest BCUT2D eigenvalue weighted by Crippen LogP contribution is 2.48. The molecule has 1 aromatic heterocycles. The minimum absolute atomic E-state index is 0.0739. The molecule has 2 heteroatoms. The Kier molecular flexibility index (Phi) is 5.98. The van der Waals surface area contributed by atoms with Crippen molar-refractivity contribution in [2.24, 2.45) is 0 Å². The van der Waals surface area contributed by atoms with Gasteiger partial charge >= 0.3 is 0 Å². The van der Waals surface area contributed by atoms with Crippen LogP contribution in [0.1, 0.15) is 31.9 Å². The molecular weight excluding hydrogens is 485 g/mol. The van der Waals surface area contributed by atoms with E-state index in [1.165, 1.54) is 64.7 Å². The first-order chi connectivity index (χ1) is 17.8. The van der Waals surface area contributed by atoms with Crippen molar-refractivity contribution in [3.63, 3.8) is 0 Å². The van der Waals surface area contributed by atoms with E-state index in [1.807, 2.05) is 11.3 Å². The third-order valence-electron chi connectivity index (χ3n) is 7.25. The highest BCUT2D eigenvalue weighted by molar-refractivity contribution is 7.80. The lowest BCUT2D eigenvalue weighted by Crippen LogP contribution is -2.15. The van der Waals surface area contributed by atoms with Gasteiger partial charge < -0.3 is 0 Å². The van der Waals surface area contributed by atoms with Gasteiger partial charge in [-0.1, -0.05) is 106 Å². The maximum absolute atomic E-state index is 4.96. The van der Waals surface area contributed by atoms with Crippen molar-refractivity contribution in [2.45, 2.75) is 38.0 Å². The second-order valence-electron chi connectivity index (χ2n) is 10.8. The summed E-state index contributed by atoms with van der Waals surface area (Å²) in [5, 5.41) is 2.69. The number of thiophene rings is 1. The van der Waals surface area contributed by atoms with E-state index < -0.39 is 0 Å². The molecule has 0 radical (unpaired) electrons. The van der Waals surface area contributed by atoms with Gasteiger partial charge in [-0.25, -0.2) is 0 Å². The molecule has 0 saturated heterocycles. The van der Waals surface area contributed by atoms with Gasteiger partial charge in [-0.2, -0.15) is 0 Å². The molecule has 0 aliphatic rings. The Hall–Kier alpha value is -3.33. The number of hydrogen-bond acceptors (Lipinski definition) is 2. The Morgan fingerprint density at radius 1 is 0.568 bits per heavy atom. The van der Waals surface area contributed by atoms with Crippen molar-refractivity contribution >= 4 is 44.1 Å². The molecular formula is C35H30S2. The fraction of sp³-hybridized carbons (Fsp3) is 0.143. The average Bonchev–Trinajstić information content (AvgIpc) is 3.27. The molecule has 0 amide bonds. The number of benzene rings is 5. The highest BCUT2D eigenvalue weighted by atomic mass is 32.1. The zero-order valence-electron chi connectivity index (χ0n) is 21.7. The maximum Gasteiger partial charge on any atom is 0.0361 e. The lowest BCUT2D eigenvalue weighted by atomic mass is 9.76. The summed E-state index contributed by atoms with van der Waals surface area (Å²) < 4.78 is 2.67.